The van der Waals surface area contributed by atoms with Gasteiger partial charge in [0, 0.05) is 16.3 Å². The predicted octanol–water partition coefficient (Wildman–Crippen LogP) is 4.07. The summed E-state index contributed by atoms with van der Waals surface area (Å²) in [6.07, 6.45) is -4.33. The molecular weight excluding hydrogens is 383 g/mol. The highest BCUT2D eigenvalue weighted by molar-refractivity contribution is 7.99. The first-order valence-electron chi connectivity index (χ1n) is 7.55. The van der Waals surface area contributed by atoms with Crippen LogP contribution in [0.1, 0.15) is 11.1 Å². The van der Waals surface area contributed by atoms with Gasteiger partial charge >= 0.3 is 18.1 Å². The molecule has 0 unspecified atom stereocenters. The second-order valence-corrected chi connectivity index (χ2v) is 6.64. The number of nitrogens with zero attached hydrogens (tertiary/aromatic N) is 1. The van der Waals surface area contributed by atoms with Crippen LogP contribution in [0.15, 0.2) is 58.3 Å². The van der Waals surface area contributed by atoms with E-state index in [0.717, 1.165) is 28.3 Å². The molecule has 2 aromatic rings. The van der Waals surface area contributed by atoms with E-state index in [1.807, 2.05) is 43.3 Å². The molecule has 0 radical (unpaired) electrons. The molecule has 0 saturated carbocycles. The maximum absolute atomic E-state index is 13.0. The third-order valence-corrected chi connectivity index (χ3v) is 4.25. The monoisotopic (exact) mass is 401 g/mol. The molecule has 0 heterocycles. The Kier molecular flexibility index (Phi) is 8.32. The molecule has 0 bridgehead atoms. The third-order valence-electron chi connectivity index (χ3n) is 3.05. The fourth-order valence-corrected chi connectivity index (χ4v) is 3.07. The number of aliphatic carboxylic acids is 2. The van der Waals surface area contributed by atoms with Crippen LogP contribution in [0.3, 0.4) is 0 Å². The predicted molar refractivity (Wildman–Crippen MR) is 94.7 cm³/mol. The molecular formula is C18H18F3NO4S. The average Bonchev–Trinajstić information content (AvgIpc) is 2.56. The molecule has 0 aliphatic heterocycles. The van der Waals surface area contributed by atoms with E-state index in [1.54, 1.807) is 6.07 Å². The second-order valence-electron chi connectivity index (χ2n) is 5.55. The molecule has 27 heavy (non-hydrogen) atoms. The highest BCUT2D eigenvalue weighted by Crippen LogP contribution is 2.40. The second kappa shape index (κ2) is 9.98. The van der Waals surface area contributed by atoms with E-state index in [-0.39, 0.29) is 4.90 Å². The first-order valence-corrected chi connectivity index (χ1v) is 8.37. The molecule has 0 spiro atoms. The minimum absolute atomic E-state index is 0.233. The van der Waals surface area contributed by atoms with Crippen LogP contribution in [0.4, 0.5) is 13.2 Å². The molecule has 0 fully saturated rings. The summed E-state index contributed by atoms with van der Waals surface area (Å²) in [6, 6.07) is 13.2. The molecule has 2 rings (SSSR count). The number of hydrogen-bond acceptors (Lipinski definition) is 4. The largest absolute Gasteiger partial charge is 0.473 e. The average molecular weight is 401 g/mol. The summed E-state index contributed by atoms with van der Waals surface area (Å²) in [5.74, 6) is -3.65. The van der Waals surface area contributed by atoms with Gasteiger partial charge in [-0.25, -0.2) is 9.59 Å². The molecule has 0 aromatic heterocycles. The van der Waals surface area contributed by atoms with E-state index in [1.165, 1.54) is 12.1 Å². The quantitative estimate of drug-likeness (QED) is 0.752. The summed E-state index contributed by atoms with van der Waals surface area (Å²) in [4.78, 5) is 21.3. The van der Waals surface area contributed by atoms with Crippen molar-refractivity contribution in [2.45, 2.75) is 22.5 Å². The maximum atomic E-state index is 13.0. The van der Waals surface area contributed by atoms with Gasteiger partial charge in [0.25, 0.3) is 0 Å². The van der Waals surface area contributed by atoms with Crippen molar-refractivity contribution >= 4 is 23.7 Å². The molecule has 0 aliphatic carbocycles. The number of carboxylic acids is 2. The summed E-state index contributed by atoms with van der Waals surface area (Å²) in [7, 11) is 3.87. The molecule has 0 aliphatic rings. The van der Waals surface area contributed by atoms with Crippen molar-refractivity contribution in [3.8, 4) is 0 Å². The summed E-state index contributed by atoms with van der Waals surface area (Å²) in [5.41, 5.74) is 0.430. The summed E-state index contributed by atoms with van der Waals surface area (Å²) in [6.45, 7) is 0.692. The normalized spacial score (nSPS) is 10.9. The van der Waals surface area contributed by atoms with Crippen LogP contribution in [-0.4, -0.2) is 41.1 Å². The lowest BCUT2D eigenvalue weighted by Gasteiger charge is -2.16. The van der Waals surface area contributed by atoms with E-state index in [9.17, 15) is 13.2 Å². The SMILES string of the molecule is CN(C)Cc1ccccc1Sc1ccccc1C(F)(F)F.O=C(O)C(=O)O. The smallest absolute Gasteiger partial charge is 0.417 e. The number of halogens is 3. The number of hydrogen-bond donors (Lipinski definition) is 2. The molecule has 2 aromatic carbocycles. The summed E-state index contributed by atoms with van der Waals surface area (Å²) in [5, 5.41) is 14.8. The molecule has 2 N–H and O–H groups in total. The lowest BCUT2D eigenvalue weighted by atomic mass is 10.2. The van der Waals surface area contributed by atoms with Crippen LogP contribution in [0.5, 0.6) is 0 Å². The van der Waals surface area contributed by atoms with Gasteiger partial charge in [-0.05, 0) is 37.9 Å². The standard InChI is InChI=1S/C16H16F3NS.C2H2O4/c1-20(2)11-12-7-3-5-9-14(12)21-15-10-6-4-8-13(15)16(17,18)19;3-1(4)2(5)6/h3-10H,11H2,1-2H3;(H,3,4)(H,5,6). The van der Waals surface area contributed by atoms with Crippen molar-refractivity contribution < 1.29 is 33.0 Å². The van der Waals surface area contributed by atoms with Crippen LogP contribution in [0, 0.1) is 0 Å². The number of carboxylic acid groups (broad SMARTS) is 2. The summed E-state index contributed by atoms with van der Waals surface area (Å²) < 4.78 is 39.1. The number of carbonyl (C=O) groups is 2. The van der Waals surface area contributed by atoms with E-state index >= 15 is 0 Å². The van der Waals surface area contributed by atoms with Crippen LogP contribution < -0.4 is 0 Å². The Hall–Kier alpha value is -2.52. The zero-order valence-electron chi connectivity index (χ0n) is 14.5. The molecule has 0 atom stereocenters. The van der Waals surface area contributed by atoms with Crippen molar-refractivity contribution in [1.82, 2.24) is 4.90 Å². The lowest BCUT2D eigenvalue weighted by Crippen LogP contribution is -2.11. The fourth-order valence-electron chi connectivity index (χ4n) is 1.98. The van der Waals surface area contributed by atoms with Crippen molar-refractivity contribution in [2.24, 2.45) is 0 Å². The topological polar surface area (TPSA) is 77.8 Å². The van der Waals surface area contributed by atoms with Gasteiger partial charge in [0.15, 0.2) is 0 Å². The highest BCUT2D eigenvalue weighted by Gasteiger charge is 2.33. The molecule has 0 amide bonds. The van der Waals surface area contributed by atoms with Gasteiger partial charge < -0.3 is 15.1 Å². The van der Waals surface area contributed by atoms with Gasteiger partial charge in [0.2, 0.25) is 0 Å². The van der Waals surface area contributed by atoms with Crippen molar-refractivity contribution in [3.05, 3.63) is 59.7 Å². The van der Waals surface area contributed by atoms with Crippen molar-refractivity contribution in [3.63, 3.8) is 0 Å². The highest BCUT2D eigenvalue weighted by atomic mass is 32.2. The van der Waals surface area contributed by atoms with Crippen LogP contribution in [-0.2, 0) is 22.3 Å². The Morgan fingerprint density at radius 2 is 1.41 bits per heavy atom. The van der Waals surface area contributed by atoms with Crippen molar-refractivity contribution in [1.29, 1.82) is 0 Å². The Morgan fingerprint density at radius 3 is 1.89 bits per heavy atom. The number of rotatable bonds is 4. The van der Waals surface area contributed by atoms with Gasteiger partial charge in [-0.15, -0.1) is 0 Å². The maximum Gasteiger partial charge on any atom is 0.417 e. The molecule has 146 valence electrons. The van der Waals surface area contributed by atoms with E-state index < -0.39 is 23.7 Å². The van der Waals surface area contributed by atoms with Gasteiger partial charge in [-0.1, -0.05) is 42.1 Å². The van der Waals surface area contributed by atoms with Gasteiger partial charge in [0.1, 0.15) is 0 Å². The zero-order valence-corrected chi connectivity index (χ0v) is 15.3. The van der Waals surface area contributed by atoms with E-state index in [0.29, 0.717) is 6.54 Å². The minimum atomic E-state index is -4.33. The molecule has 5 nitrogen and oxygen atoms in total. The van der Waals surface area contributed by atoms with E-state index in [4.69, 9.17) is 19.8 Å². The van der Waals surface area contributed by atoms with Crippen LogP contribution in [0.2, 0.25) is 0 Å². The summed E-state index contributed by atoms with van der Waals surface area (Å²) >= 11 is 1.16. The Labute approximate surface area is 158 Å². The third kappa shape index (κ3) is 7.71. The molecule has 9 heteroatoms. The first kappa shape index (κ1) is 22.5. The van der Waals surface area contributed by atoms with Gasteiger partial charge in [-0.2, -0.15) is 13.2 Å². The van der Waals surface area contributed by atoms with E-state index in [2.05, 4.69) is 0 Å². The first-order chi connectivity index (χ1) is 12.5. The molecule has 0 saturated heterocycles. The van der Waals surface area contributed by atoms with Crippen LogP contribution >= 0.6 is 11.8 Å². The van der Waals surface area contributed by atoms with Crippen LogP contribution in [0.25, 0.3) is 0 Å². The Bertz CT molecular complexity index is 782. The Balaban J connectivity index is 0.000000527. The van der Waals surface area contributed by atoms with Gasteiger partial charge in [0.05, 0.1) is 5.56 Å². The lowest BCUT2D eigenvalue weighted by molar-refractivity contribution is -0.159. The minimum Gasteiger partial charge on any atom is -0.473 e. The Morgan fingerprint density at radius 1 is 0.926 bits per heavy atom. The number of alkyl halides is 3. The fraction of sp³-hybridized carbons (Fsp3) is 0.222. The number of benzene rings is 2. The van der Waals surface area contributed by atoms with Gasteiger partial charge in [-0.3, -0.25) is 0 Å². The van der Waals surface area contributed by atoms with Crippen molar-refractivity contribution in [2.75, 3.05) is 14.1 Å². The zero-order chi connectivity index (χ0) is 20.6.